The molecule has 0 amide bonds. The number of hydrogen-bond donors (Lipinski definition) is 0. The standard InChI is InChI=1S/C15H15BrCl2N2O/c1-3-20-14(15(16)9(2)19-20)8-11(21)6-10-4-5-12(17)13(18)7-10/h4-5,7H,3,6,8H2,1-2H3. The number of carbonyl (C=O) groups excluding carboxylic acids is 1. The maximum Gasteiger partial charge on any atom is 0.143 e. The molecule has 1 heterocycles. The molecule has 0 bridgehead atoms. The minimum Gasteiger partial charge on any atom is -0.299 e. The molecule has 0 saturated carbocycles. The quantitative estimate of drug-likeness (QED) is 0.746. The summed E-state index contributed by atoms with van der Waals surface area (Å²) in [7, 11) is 0. The summed E-state index contributed by atoms with van der Waals surface area (Å²) < 4.78 is 2.76. The molecule has 0 N–H and O–H groups in total. The zero-order valence-corrected chi connectivity index (χ0v) is 14.9. The van der Waals surface area contributed by atoms with Crippen LogP contribution in [0.4, 0.5) is 0 Å². The van der Waals surface area contributed by atoms with Gasteiger partial charge in [0.05, 0.1) is 25.9 Å². The van der Waals surface area contributed by atoms with E-state index in [0.717, 1.165) is 28.0 Å². The van der Waals surface area contributed by atoms with E-state index in [9.17, 15) is 4.79 Å². The van der Waals surface area contributed by atoms with Crippen molar-refractivity contribution in [3.63, 3.8) is 0 Å². The molecule has 0 atom stereocenters. The van der Waals surface area contributed by atoms with Crippen molar-refractivity contribution in [3.05, 3.63) is 49.7 Å². The van der Waals surface area contributed by atoms with Crippen LogP contribution in [0.1, 0.15) is 23.9 Å². The molecular formula is C15H15BrCl2N2O. The minimum atomic E-state index is 0.115. The molecule has 1 aromatic heterocycles. The van der Waals surface area contributed by atoms with Gasteiger partial charge in [0, 0.05) is 19.4 Å². The van der Waals surface area contributed by atoms with Gasteiger partial charge in [-0.2, -0.15) is 5.10 Å². The second kappa shape index (κ2) is 6.95. The third kappa shape index (κ3) is 3.87. The van der Waals surface area contributed by atoms with Gasteiger partial charge in [0.25, 0.3) is 0 Å². The Morgan fingerprint density at radius 2 is 2.00 bits per heavy atom. The van der Waals surface area contributed by atoms with Crippen molar-refractivity contribution >= 4 is 44.9 Å². The van der Waals surface area contributed by atoms with Crippen LogP contribution in [-0.4, -0.2) is 15.6 Å². The van der Waals surface area contributed by atoms with Gasteiger partial charge in [0.1, 0.15) is 5.78 Å². The molecule has 6 heteroatoms. The number of hydrogen-bond acceptors (Lipinski definition) is 2. The van der Waals surface area contributed by atoms with E-state index >= 15 is 0 Å². The van der Waals surface area contributed by atoms with E-state index < -0.39 is 0 Å². The summed E-state index contributed by atoms with van der Waals surface area (Å²) in [6, 6.07) is 5.27. The Morgan fingerprint density at radius 1 is 1.29 bits per heavy atom. The fourth-order valence-corrected chi connectivity index (χ4v) is 2.91. The fraction of sp³-hybridized carbons (Fsp3) is 0.333. The lowest BCUT2D eigenvalue weighted by Gasteiger charge is -2.06. The third-order valence-corrected chi connectivity index (χ3v) is 4.97. The lowest BCUT2D eigenvalue weighted by atomic mass is 10.1. The number of aromatic nitrogens is 2. The SMILES string of the molecule is CCn1nc(C)c(Br)c1CC(=O)Cc1ccc(Cl)c(Cl)c1. The summed E-state index contributed by atoms with van der Waals surface area (Å²) in [4.78, 5) is 12.3. The Hall–Kier alpha value is -0.840. The van der Waals surface area contributed by atoms with E-state index in [-0.39, 0.29) is 5.78 Å². The first kappa shape index (κ1) is 16.5. The smallest absolute Gasteiger partial charge is 0.143 e. The highest BCUT2D eigenvalue weighted by molar-refractivity contribution is 9.10. The second-order valence-corrected chi connectivity index (χ2v) is 6.41. The number of carbonyl (C=O) groups is 1. The maximum atomic E-state index is 12.3. The molecule has 0 aliphatic carbocycles. The first-order chi connectivity index (χ1) is 9.92. The van der Waals surface area contributed by atoms with Crippen molar-refractivity contribution in [1.29, 1.82) is 0 Å². The van der Waals surface area contributed by atoms with Gasteiger partial charge in [-0.05, 0) is 47.5 Å². The molecule has 2 rings (SSSR count). The van der Waals surface area contributed by atoms with E-state index in [2.05, 4.69) is 21.0 Å². The number of Topliss-reactive ketones (excluding diaryl/α,β-unsaturated/α-hetero) is 1. The number of halogens is 3. The zero-order chi connectivity index (χ0) is 15.6. The van der Waals surface area contributed by atoms with Gasteiger partial charge in [0.15, 0.2) is 0 Å². The average Bonchev–Trinajstić information content (AvgIpc) is 2.70. The van der Waals surface area contributed by atoms with E-state index in [1.165, 1.54) is 0 Å². The van der Waals surface area contributed by atoms with Crippen LogP contribution < -0.4 is 0 Å². The lowest BCUT2D eigenvalue weighted by Crippen LogP contribution is -2.12. The molecule has 0 aliphatic rings. The Kier molecular flexibility index (Phi) is 5.47. The summed E-state index contributed by atoms with van der Waals surface area (Å²) in [6.45, 7) is 4.66. The monoisotopic (exact) mass is 388 g/mol. The summed E-state index contributed by atoms with van der Waals surface area (Å²) >= 11 is 15.3. The third-order valence-electron chi connectivity index (χ3n) is 3.20. The van der Waals surface area contributed by atoms with Crippen LogP contribution in [0.25, 0.3) is 0 Å². The van der Waals surface area contributed by atoms with Crippen molar-refractivity contribution in [2.75, 3.05) is 0 Å². The zero-order valence-electron chi connectivity index (χ0n) is 11.8. The predicted molar refractivity (Wildman–Crippen MR) is 89.2 cm³/mol. The molecule has 0 saturated heterocycles. The van der Waals surface area contributed by atoms with Crippen LogP contribution in [0.2, 0.25) is 10.0 Å². The predicted octanol–water partition coefficient (Wildman–Crippen LogP) is 4.64. The average molecular weight is 390 g/mol. The fourth-order valence-electron chi connectivity index (χ4n) is 2.16. The van der Waals surface area contributed by atoms with Gasteiger partial charge in [-0.15, -0.1) is 0 Å². The topological polar surface area (TPSA) is 34.9 Å². The molecule has 0 unspecified atom stereocenters. The van der Waals surface area contributed by atoms with E-state index in [1.54, 1.807) is 12.1 Å². The molecule has 0 fully saturated rings. The second-order valence-electron chi connectivity index (χ2n) is 4.80. The Morgan fingerprint density at radius 3 is 2.62 bits per heavy atom. The highest BCUT2D eigenvalue weighted by atomic mass is 79.9. The van der Waals surface area contributed by atoms with Crippen LogP contribution in [0.3, 0.4) is 0 Å². The molecule has 3 nitrogen and oxygen atoms in total. The molecule has 112 valence electrons. The van der Waals surface area contributed by atoms with E-state index in [0.29, 0.717) is 22.9 Å². The van der Waals surface area contributed by atoms with Gasteiger partial charge < -0.3 is 0 Å². The van der Waals surface area contributed by atoms with Gasteiger partial charge >= 0.3 is 0 Å². The number of aryl methyl sites for hydroxylation is 2. The maximum absolute atomic E-state index is 12.3. The summed E-state index contributed by atoms with van der Waals surface area (Å²) in [6.07, 6.45) is 0.673. The molecule has 0 spiro atoms. The summed E-state index contributed by atoms with van der Waals surface area (Å²) in [5.74, 6) is 0.115. The molecule has 21 heavy (non-hydrogen) atoms. The Labute approximate surface area is 142 Å². The minimum absolute atomic E-state index is 0.115. The molecule has 2 aromatic rings. The van der Waals surface area contributed by atoms with E-state index in [1.807, 2.05) is 24.6 Å². The highest BCUT2D eigenvalue weighted by Crippen LogP contribution is 2.24. The number of rotatable bonds is 5. The summed E-state index contributed by atoms with van der Waals surface area (Å²) in [5, 5.41) is 5.36. The highest BCUT2D eigenvalue weighted by Gasteiger charge is 2.16. The summed E-state index contributed by atoms with van der Waals surface area (Å²) in [5.41, 5.74) is 2.68. The largest absolute Gasteiger partial charge is 0.299 e. The van der Waals surface area contributed by atoms with Crippen molar-refractivity contribution in [3.8, 4) is 0 Å². The van der Waals surface area contributed by atoms with Crippen molar-refractivity contribution in [1.82, 2.24) is 9.78 Å². The molecular weight excluding hydrogens is 375 g/mol. The number of nitrogens with zero attached hydrogens (tertiary/aromatic N) is 2. The molecule has 1 aromatic carbocycles. The van der Waals surface area contributed by atoms with Gasteiger partial charge in [-0.3, -0.25) is 9.48 Å². The van der Waals surface area contributed by atoms with Crippen LogP contribution in [0, 0.1) is 6.92 Å². The van der Waals surface area contributed by atoms with Crippen LogP contribution in [0.5, 0.6) is 0 Å². The van der Waals surface area contributed by atoms with Crippen molar-refractivity contribution in [2.24, 2.45) is 0 Å². The normalized spacial score (nSPS) is 10.9. The van der Waals surface area contributed by atoms with Crippen molar-refractivity contribution < 1.29 is 4.79 Å². The Bertz CT molecular complexity index is 683. The van der Waals surface area contributed by atoms with E-state index in [4.69, 9.17) is 23.2 Å². The number of benzene rings is 1. The first-order valence-corrected chi connectivity index (χ1v) is 8.14. The van der Waals surface area contributed by atoms with Gasteiger partial charge in [-0.1, -0.05) is 29.3 Å². The lowest BCUT2D eigenvalue weighted by molar-refractivity contribution is -0.117. The molecule has 0 aliphatic heterocycles. The Balaban J connectivity index is 2.13. The van der Waals surface area contributed by atoms with Crippen LogP contribution in [-0.2, 0) is 24.2 Å². The van der Waals surface area contributed by atoms with Gasteiger partial charge in [-0.25, -0.2) is 0 Å². The molecule has 0 radical (unpaired) electrons. The first-order valence-electron chi connectivity index (χ1n) is 6.59. The van der Waals surface area contributed by atoms with Crippen molar-refractivity contribution in [2.45, 2.75) is 33.2 Å². The van der Waals surface area contributed by atoms with Crippen LogP contribution >= 0.6 is 39.1 Å². The van der Waals surface area contributed by atoms with Gasteiger partial charge in [0.2, 0.25) is 0 Å². The number of ketones is 1. The van der Waals surface area contributed by atoms with Crippen LogP contribution in [0.15, 0.2) is 22.7 Å².